The zero-order valence-corrected chi connectivity index (χ0v) is 12.4. The number of hydroxylamine groups is 1. The summed E-state index contributed by atoms with van der Waals surface area (Å²) in [7, 11) is 0. The fourth-order valence-electron chi connectivity index (χ4n) is 2.11. The predicted molar refractivity (Wildman–Crippen MR) is 85.3 cm³/mol. The van der Waals surface area contributed by atoms with Gasteiger partial charge in [0.1, 0.15) is 11.3 Å². The Morgan fingerprint density at radius 3 is 2.57 bits per heavy atom. The summed E-state index contributed by atoms with van der Waals surface area (Å²) in [5.41, 5.74) is 0.987. The van der Waals surface area contributed by atoms with E-state index < -0.39 is 5.91 Å². The maximum atomic E-state index is 12.2. The van der Waals surface area contributed by atoms with Gasteiger partial charge in [-0.2, -0.15) is 0 Å². The molecule has 0 fully saturated rings. The number of carbonyl (C=O) groups excluding carboxylic acids is 1. The molecule has 0 aliphatic carbocycles. The molecule has 0 bridgehead atoms. The molecule has 0 saturated carbocycles. The first kappa shape index (κ1) is 14.8. The Morgan fingerprint density at radius 1 is 1.13 bits per heavy atom. The van der Waals surface area contributed by atoms with Crippen molar-refractivity contribution in [1.82, 2.24) is 5.17 Å². The monoisotopic (exact) mass is 310 g/mol. The average molecular weight is 310 g/mol. The number of fused-ring (bicyclic) bond motifs is 1. The lowest BCUT2D eigenvalue weighted by molar-refractivity contribution is -0.155. The Labute approximate surface area is 131 Å². The molecule has 0 unspecified atom stereocenters. The first-order chi connectivity index (χ1) is 11.0. The van der Waals surface area contributed by atoms with Crippen LogP contribution in [0.4, 0.5) is 0 Å². The Bertz CT molecular complexity index is 919. The number of hydrogen-bond acceptors (Lipinski definition) is 5. The number of amides is 1. The van der Waals surface area contributed by atoms with Crippen LogP contribution in [-0.4, -0.2) is 11.1 Å². The normalized spacial score (nSPS) is 10.5. The zero-order valence-electron chi connectivity index (χ0n) is 12.4. The summed E-state index contributed by atoms with van der Waals surface area (Å²) >= 11 is 0. The molecule has 23 heavy (non-hydrogen) atoms. The van der Waals surface area contributed by atoms with E-state index in [-0.39, 0.29) is 5.43 Å². The highest BCUT2D eigenvalue weighted by Crippen LogP contribution is 2.24. The van der Waals surface area contributed by atoms with Gasteiger partial charge in [-0.15, -0.1) is 5.17 Å². The molecule has 3 aromatic rings. The predicted octanol–water partition coefficient (Wildman–Crippen LogP) is 2.48. The first-order valence-corrected chi connectivity index (χ1v) is 6.91. The van der Waals surface area contributed by atoms with Crippen molar-refractivity contribution in [3.63, 3.8) is 0 Å². The fourth-order valence-corrected chi connectivity index (χ4v) is 2.11. The largest absolute Gasteiger partial charge is 0.456 e. The van der Waals surface area contributed by atoms with Crippen LogP contribution >= 0.6 is 0 Å². The molecule has 0 aliphatic heterocycles. The molecule has 2 aromatic carbocycles. The molecule has 0 radical (unpaired) electrons. The molecule has 1 heterocycles. The maximum absolute atomic E-state index is 12.2. The van der Waals surface area contributed by atoms with Gasteiger partial charge in [0, 0.05) is 24.6 Å². The van der Waals surface area contributed by atoms with Crippen LogP contribution in [0.15, 0.2) is 63.8 Å². The Kier molecular flexibility index (Phi) is 3.82. The molecule has 0 spiro atoms. The van der Waals surface area contributed by atoms with E-state index in [4.69, 9.17) is 15.1 Å². The van der Waals surface area contributed by atoms with Crippen LogP contribution in [-0.2, 0) is 4.79 Å². The Balaban J connectivity index is 2.07. The molecule has 0 aliphatic rings. The van der Waals surface area contributed by atoms with E-state index in [0.717, 1.165) is 5.56 Å². The summed E-state index contributed by atoms with van der Waals surface area (Å²) in [5, 5.41) is 1.03. The summed E-state index contributed by atoms with van der Waals surface area (Å²) in [6.45, 7) is 1.27. The van der Waals surface area contributed by atoms with Crippen molar-refractivity contribution in [2.45, 2.75) is 6.92 Å². The molecular formula is C17H14N2O4. The molecule has 1 aromatic heterocycles. The molecular weight excluding hydrogens is 296 g/mol. The van der Waals surface area contributed by atoms with Crippen LogP contribution in [0.5, 0.6) is 5.75 Å². The number of rotatable bonds is 3. The fraction of sp³-hybridized carbons (Fsp3) is 0.0588. The topological polar surface area (TPSA) is 85.8 Å². The van der Waals surface area contributed by atoms with Gasteiger partial charge in [-0.05, 0) is 12.1 Å². The van der Waals surface area contributed by atoms with Crippen LogP contribution in [0.2, 0.25) is 0 Å². The van der Waals surface area contributed by atoms with Crippen molar-refractivity contribution < 1.29 is 14.0 Å². The average Bonchev–Trinajstić information content (AvgIpc) is 2.55. The van der Waals surface area contributed by atoms with Crippen molar-refractivity contribution in [3.8, 4) is 17.1 Å². The molecule has 0 saturated heterocycles. The van der Waals surface area contributed by atoms with Gasteiger partial charge in [-0.3, -0.25) is 9.59 Å². The molecule has 3 rings (SSSR count). The van der Waals surface area contributed by atoms with Crippen LogP contribution in [0.3, 0.4) is 0 Å². The van der Waals surface area contributed by atoms with Crippen LogP contribution in [0, 0.1) is 0 Å². The number of hydrazine groups is 1. The van der Waals surface area contributed by atoms with Crippen molar-refractivity contribution in [2.75, 3.05) is 0 Å². The van der Waals surface area contributed by atoms with E-state index in [1.165, 1.54) is 19.1 Å². The van der Waals surface area contributed by atoms with E-state index in [1.54, 1.807) is 12.1 Å². The van der Waals surface area contributed by atoms with Gasteiger partial charge >= 0.3 is 0 Å². The number of nitrogens with zero attached hydrogens (tertiary/aromatic N) is 1. The van der Waals surface area contributed by atoms with E-state index in [9.17, 15) is 9.59 Å². The van der Waals surface area contributed by atoms with Gasteiger partial charge < -0.3 is 9.25 Å². The molecule has 6 heteroatoms. The third-order valence-electron chi connectivity index (χ3n) is 3.27. The van der Waals surface area contributed by atoms with Gasteiger partial charge in [0.2, 0.25) is 0 Å². The molecule has 1 amide bonds. The lowest BCUT2D eigenvalue weighted by Gasteiger charge is -2.14. The Hall–Kier alpha value is -3.12. The smallest absolute Gasteiger partial charge is 0.269 e. The minimum atomic E-state index is -0.454. The zero-order chi connectivity index (χ0) is 16.4. The minimum absolute atomic E-state index is 0.159. The standard InChI is InChI=1S/C17H14N2O4/c1-11(20)19(18)23-13-7-8-14-15(21)10-16(22-17(14)9-13)12-5-3-2-4-6-12/h2-10H,18H2,1H3. The van der Waals surface area contributed by atoms with Crippen molar-refractivity contribution in [3.05, 3.63) is 64.8 Å². The summed E-state index contributed by atoms with van der Waals surface area (Å²) in [6.07, 6.45) is 0. The van der Waals surface area contributed by atoms with E-state index in [1.807, 2.05) is 30.3 Å². The quantitative estimate of drug-likeness (QED) is 0.456. The molecule has 0 atom stereocenters. The summed E-state index contributed by atoms with van der Waals surface area (Å²) < 4.78 is 5.79. The van der Waals surface area contributed by atoms with Crippen LogP contribution in [0.1, 0.15) is 6.92 Å². The first-order valence-electron chi connectivity index (χ1n) is 6.91. The van der Waals surface area contributed by atoms with Crippen molar-refractivity contribution in [2.24, 2.45) is 5.84 Å². The van der Waals surface area contributed by atoms with E-state index >= 15 is 0 Å². The highest BCUT2D eigenvalue weighted by molar-refractivity contribution is 5.80. The van der Waals surface area contributed by atoms with Crippen LogP contribution < -0.4 is 16.1 Å². The van der Waals surface area contributed by atoms with Gasteiger partial charge in [0.05, 0.1) is 5.39 Å². The summed E-state index contributed by atoms with van der Waals surface area (Å²) in [5.74, 6) is 5.71. The second kappa shape index (κ2) is 5.94. The number of hydrogen-bond donors (Lipinski definition) is 1. The summed E-state index contributed by atoms with van der Waals surface area (Å²) in [6, 6.07) is 15.4. The van der Waals surface area contributed by atoms with Crippen molar-refractivity contribution in [1.29, 1.82) is 0 Å². The highest BCUT2D eigenvalue weighted by atomic mass is 16.7. The SMILES string of the molecule is CC(=O)N(N)Oc1ccc2c(=O)cc(-c3ccccc3)oc2c1. The number of benzene rings is 2. The highest BCUT2D eigenvalue weighted by Gasteiger charge is 2.10. The molecule has 2 N–H and O–H groups in total. The minimum Gasteiger partial charge on any atom is -0.456 e. The van der Waals surface area contributed by atoms with Gasteiger partial charge in [-0.25, -0.2) is 5.84 Å². The van der Waals surface area contributed by atoms with Crippen LogP contribution in [0.25, 0.3) is 22.3 Å². The third kappa shape index (κ3) is 3.07. The molecule has 6 nitrogen and oxygen atoms in total. The summed E-state index contributed by atoms with van der Waals surface area (Å²) in [4.78, 5) is 28.5. The third-order valence-corrected chi connectivity index (χ3v) is 3.27. The van der Waals surface area contributed by atoms with Gasteiger partial charge in [0.15, 0.2) is 11.2 Å². The van der Waals surface area contributed by atoms with Crippen molar-refractivity contribution >= 4 is 16.9 Å². The van der Waals surface area contributed by atoms with E-state index in [0.29, 0.717) is 27.7 Å². The Morgan fingerprint density at radius 2 is 1.87 bits per heavy atom. The van der Waals surface area contributed by atoms with Gasteiger partial charge in [0.25, 0.3) is 5.91 Å². The lowest BCUT2D eigenvalue weighted by Crippen LogP contribution is -2.38. The lowest BCUT2D eigenvalue weighted by atomic mass is 10.1. The number of carbonyl (C=O) groups is 1. The molecule has 116 valence electrons. The van der Waals surface area contributed by atoms with Gasteiger partial charge in [-0.1, -0.05) is 30.3 Å². The second-order valence-corrected chi connectivity index (χ2v) is 4.93. The maximum Gasteiger partial charge on any atom is 0.269 e. The van der Waals surface area contributed by atoms with E-state index in [2.05, 4.69) is 0 Å². The number of nitrogens with two attached hydrogens (primary N) is 1. The second-order valence-electron chi connectivity index (χ2n) is 4.93.